The predicted octanol–water partition coefficient (Wildman–Crippen LogP) is 4.98. The summed E-state index contributed by atoms with van der Waals surface area (Å²) in [7, 11) is 2.21. The van der Waals surface area contributed by atoms with Crippen LogP contribution in [0.1, 0.15) is 30.0 Å². The fourth-order valence-electron chi connectivity index (χ4n) is 3.63. The van der Waals surface area contributed by atoms with Crippen molar-refractivity contribution in [2.45, 2.75) is 26.3 Å². The van der Waals surface area contributed by atoms with Crippen molar-refractivity contribution in [3.8, 4) is 5.75 Å². The summed E-state index contributed by atoms with van der Waals surface area (Å²) < 4.78 is 21.5. The Morgan fingerprint density at radius 3 is 2.35 bits per heavy atom. The Labute approximate surface area is 190 Å². The second-order valence-corrected chi connectivity index (χ2v) is 8.77. The highest BCUT2D eigenvalue weighted by Gasteiger charge is 2.28. The molecule has 31 heavy (non-hydrogen) atoms. The number of aromatic nitrogens is 2. The second-order valence-electron chi connectivity index (χ2n) is 7.79. The number of hydrogen-bond acceptors (Lipinski definition) is 6. The van der Waals surface area contributed by atoms with E-state index >= 15 is 0 Å². The van der Waals surface area contributed by atoms with Crippen molar-refractivity contribution >= 4 is 11.5 Å². The van der Waals surface area contributed by atoms with Crippen LogP contribution in [0.15, 0.2) is 54.9 Å². The lowest BCUT2D eigenvalue weighted by Gasteiger charge is -2.40. The van der Waals surface area contributed by atoms with E-state index in [1.54, 1.807) is 24.5 Å². The van der Waals surface area contributed by atoms with Crippen LogP contribution in [0.5, 0.6) is 5.75 Å². The van der Waals surface area contributed by atoms with E-state index in [-0.39, 0.29) is 7.24 Å². The zero-order valence-electron chi connectivity index (χ0n) is 18.5. The molecule has 0 bridgehead atoms. The summed E-state index contributed by atoms with van der Waals surface area (Å²) in [5.74, 6) is 0.924. The minimum absolute atomic E-state index is 0. The normalized spacial score (nSPS) is 18.5. The molecule has 2 aliphatic rings. The van der Waals surface area contributed by atoms with Gasteiger partial charge in [-0.25, -0.2) is 9.37 Å². The maximum absolute atomic E-state index is 11.9. The molecule has 168 valence electrons. The number of aryl methyl sites for hydroxylation is 2. The van der Waals surface area contributed by atoms with Gasteiger partial charge in [0.05, 0.1) is 6.61 Å². The molecule has 2 aliphatic heterocycles. The van der Waals surface area contributed by atoms with Crippen molar-refractivity contribution in [3.63, 3.8) is 0 Å². The average Bonchev–Trinajstić information content (AvgIpc) is 3.26. The molecular formula is C24H33FN4OS. The summed E-state index contributed by atoms with van der Waals surface area (Å²) in [6, 6.07) is 15.1. The highest BCUT2D eigenvalue weighted by atomic mass is 32.1. The van der Waals surface area contributed by atoms with Crippen LogP contribution in [-0.2, 0) is 0 Å². The topological polar surface area (TPSA) is 41.5 Å². The largest absolute Gasteiger partial charge is 0.493 e. The summed E-state index contributed by atoms with van der Waals surface area (Å²) in [5, 5.41) is 1.02. The van der Waals surface area contributed by atoms with Crippen LogP contribution >= 0.6 is 11.5 Å². The Kier molecular flexibility index (Phi) is 8.94. The molecule has 5 nitrogen and oxygen atoms in total. The molecule has 0 spiro atoms. The molecule has 1 fully saturated rings. The van der Waals surface area contributed by atoms with Crippen molar-refractivity contribution in [2.75, 3.05) is 39.8 Å². The molecule has 0 aliphatic carbocycles. The number of fused-ring (bicyclic) bond motifs is 1. The van der Waals surface area contributed by atoms with Gasteiger partial charge in [0, 0.05) is 45.6 Å². The first-order valence-corrected chi connectivity index (χ1v) is 11.4. The Balaban J connectivity index is 0.000000213. The lowest BCUT2D eigenvalue weighted by atomic mass is 9.97. The van der Waals surface area contributed by atoms with Gasteiger partial charge in [-0.15, -0.1) is 0 Å². The number of ether oxygens (including phenoxy) is 1. The first-order valence-electron chi connectivity index (χ1n) is 10.6. The van der Waals surface area contributed by atoms with Crippen LogP contribution in [0, 0.1) is 19.7 Å². The monoisotopic (exact) mass is 444 g/mol. The molecule has 5 rings (SSSR count). The zero-order valence-corrected chi connectivity index (χ0v) is 19.3. The van der Waals surface area contributed by atoms with Crippen LogP contribution in [-0.4, -0.2) is 59.0 Å². The number of piperazine rings is 1. The van der Waals surface area contributed by atoms with Gasteiger partial charge in [0.15, 0.2) is 0 Å². The molecule has 1 saturated heterocycles. The fourth-order valence-corrected chi connectivity index (χ4v) is 3.97. The number of nitrogens with zero attached hydrogens (tertiary/aromatic N) is 4. The molecule has 0 saturated carbocycles. The van der Waals surface area contributed by atoms with Gasteiger partial charge < -0.3 is 9.64 Å². The summed E-state index contributed by atoms with van der Waals surface area (Å²) in [4.78, 5) is 8.85. The van der Waals surface area contributed by atoms with Gasteiger partial charge >= 0.3 is 0 Å². The molecule has 3 heterocycles. The third-order valence-corrected chi connectivity index (χ3v) is 5.93. The number of rotatable bonds is 1. The van der Waals surface area contributed by atoms with Crippen molar-refractivity contribution < 1.29 is 10.6 Å². The van der Waals surface area contributed by atoms with Crippen molar-refractivity contribution in [3.05, 3.63) is 76.8 Å². The van der Waals surface area contributed by atoms with Crippen LogP contribution in [0.3, 0.4) is 0 Å². The summed E-state index contributed by atoms with van der Waals surface area (Å²) in [6.07, 6.45) is 2.68. The van der Waals surface area contributed by atoms with Crippen LogP contribution in [0.2, 0.25) is 0 Å². The van der Waals surface area contributed by atoms with E-state index in [1.807, 2.05) is 6.92 Å². The van der Waals surface area contributed by atoms with Crippen LogP contribution in [0.4, 0.5) is 4.39 Å². The molecule has 0 unspecified atom stereocenters. The minimum Gasteiger partial charge on any atom is -0.493 e. The number of benzene rings is 2. The maximum Gasteiger partial charge on any atom is 0.129 e. The molecule has 0 radical (unpaired) electrons. The van der Waals surface area contributed by atoms with E-state index in [0.717, 1.165) is 23.8 Å². The third-order valence-electron chi connectivity index (χ3n) is 5.36. The number of likely N-dealkylation sites (N-methyl/N-ethyl adjacent to an activating group) is 1. The van der Waals surface area contributed by atoms with Gasteiger partial charge in [0.2, 0.25) is 0 Å². The predicted molar refractivity (Wildman–Crippen MR) is 126 cm³/mol. The Bertz CT molecular complexity index is 906. The Morgan fingerprint density at radius 2 is 1.81 bits per heavy atom. The van der Waals surface area contributed by atoms with E-state index < -0.39 is 0 Å². The van der Waals surface area contributed by atoms with E-state index in [9.17, 15) is 4.39 Å². The van der Waals surface area contributed by atoms with Crippen molar-refractivity contribution in [1.29, 1.82) is 0 Å². The maximum atomic E-state index is 11.9. The fraction of sp³-hybridized carbons (Fsp3) is 0.417. The molecule has 0 N–H and O–H groups in total. The molecule has 1 aromatic heterocycles. The van der Waals surface area contributed by atoms with Crippen LogP contribution < -0.4 is 4.74 Å². The Morgan fingerprint density at radius 1 is 1.06 bits per heavy atom. The van der Waals surface area contributed by atoms with Gasteiger partial charge in [0.1, 0.15) is 22.9 Å². The van der Waals surface area contributed by atoms with E-state index in [4.69, 9.17) is 4.74 Å². The van der Waals surface area contributed by atoms with Crippen LogP contribution in [0.25, 0.3) is 0 Å². The zero-order chi connectivity index (χ0) is 22.1. The van der Waals surface area contributed by atoms with Gasteiger partial charge in [-0.05, 0) is 56.2 Å². The first kappa shape index (κ1) is 23.3. The van der Waals surface area contributed by atoms with Gasteiger partial charge in [-0.1, -0.05) is 30.3 Å². The highest BCUT2D eigenvalue weighted by molar-refractivity contribution is 7.05. The summed E-state index contributed by atoms with van der Waals surface area (Å²) in [5.41, 5.74) is 2.67. The standard InChI is InChI=1S/C15H22N2O.C6H5F.C3H4N2S.H2/c1-12-3-4-13-14(5-10-18-15(13)11-12)17-8-6-16(2)7-9-17;7-6-4-2-1-3-5-6;1-3-4-2-5-6-3;/h3-4,11,14H,5-10H2,1-2H3;1-5H;2H,1H3;1H/t14-;;;/m0.../s1. The summed E-state index contributed by atoms with van der Waals surface area (Å²) >= 11 is 1.42. The summed E-state index contributed by atoms with van der Waals surface area (Å²) in [6.45, 7) is 9.62. The molecular weight excluding hydrogens is 411 g/mol. The van der Waals surface area contributed by atoms with Crippen molar-refractivity contribution in [1.82, 2.24) is 19.2 Å². The molecule has 1 atom stereocenters. The SMILES string of the molecule is Cc1ccc2c(c1)OCC[C@@H]2N1CCN(C)CC1.Cc1ncns1.Fc1ccccc1.[HH]. The second kappa shape index (κ2) is 11.9. The Hall–Kier alpha value is -2.35. The highest BCUT2D eigenvalue weighted by Crippen LogP contribution is 2.36. The number of hydrogen-bond donors (Lipinski definition) is 0. The minimum atomic E-state index is -0.178. The smallest absolute Gasteiger partial charge is 0.129 e. The van der Waals surface area contributed by atoms with Gasteiger partial charge in [-0.3, -0.25) is 4.90 Å². The lowest BCUT2D eigenvalue weighted by Crippen LogP contribution is -2.46. The van der Waals surface area contributed by atoms with Gasteiger partial charge in [-0.2, -0.15) is 4.37 Å². The molecule has 0 amide bonds. The van der Waals surface area contributed by atoms with Crippen molar-refractivity contribution in [2.24, 2.45) is 0 Å². The van der Waals surface area contributed by atoms with Gasteiger partial charge in [0.25, 0.3) is 0 Å². The molecule has 7 heteroatoms. The third kappa shape index (κ3) is 7.38. The van der Waals surface area contributed by atoms with E-state index in [0.29, 0.717) is 6.04 Å². The molecule has 2 aromatic carbocycles. The first-order chi connectivity index (χ1) is 15.0. The van der Waals surface area contributed by atoms with E-state index in [2.05, 4.69) is 51.3 Å². The molecule has 3 aromatic rings. The quantitative estimate of drug-likeness (QED) is 0.529. The number of halogens is 1. The lowest BCUT2D eigenvalue weighted by molar-refractivity contribution is 0.0855. The average molecular weight is 445 g/mol. The van der Waals surface area contributed by atoms with E-state index in [1.165, 1.54) is 61.0 Å².